The number of aromatic nitrogens is 1. The van der Waals surface area contributed by atoms with E-state index in [0.717, 1.165) is 28.8 Å². The standard InChI is InChI=1S/C16H20N2OS/c1-11-12(2)20-8-7-18(11)16(19)9-13-10-17-15-6-4-3-5-14(13)15/h3-6,10-12,17H,7-9H2,1-2H3. The number of carbonyl (C=O) groups is 1. The minimum absolute atomic E-state index is 0.245. The van der Waals surface area contributed by atoms with Crippen molar-refractivity contribution in [3.05, 3.63) is 36.0 Å². The van der Waals surface area contributed by atoms with Gasteiger partial charge in [0.1, 0.15) is 0 Å². The van der Waals surface area contributed by atoms with Crippen LogP contribution in [0.4, 0.5) is 0 Å². The third kappa shape index (κ3) is 2.44. The Labute approximate surface area is 123 Å². The second-order valence-corrected chi connectivity index (χ2v) is 6.93. The molecule has 0 spiro atoms. The van der Waals surface area contributed by atoms with Gasteiger partial charge in [-0.25, -0.2) is 0 Å². The van der Waals surface area contributed by atoms with Crippen LogP contribution in [0.15, 0.2) is 30.5 Å². The number of H-pyrrole nitrogens is 1. The number of rotatable bonds is 2. The van der Waals surface area contributed by atoms with Crippen LogP contribution < -0.4 is 0 Å². The Morgan fingerprint density at radius 3 is 3.05 bits per heavy atom. The summed E-state index contributed by atoms with van der Waals surface area (Å²) < 4.78 is 0. The van der Waals surface area contributed by atoms with Crippen LogP contribution in [0.3, 0.4) is 0 Å². The third-order valence-electron chi connectivity index (χ3n) is 4.22. The molecule has 20 heavy (non-hydrogen) atoms. The smallest absolute Gasteiger partial charge is 0.227 e. The zero-order chi connectivity index (χ0) is 14.1. The van der Waals surface area contributed by atoms with Gasteiger partial charge in [0.05, 0.1) is 6.42 Å². The zero-order valence-electron chi connectivity index (χ0n) is 11.9. The van der Waals surface area contributed by atoms with Crippen molar-refractivity contribution < 1.29 is 4.79 Å². The Morgan fingerprint density at radius 1 is 1.40 bits per heavy atom. The topological polar surface area (TPSA) is 36.1 Å². The maximum Gasteiger partial charge on any atom is 0.227 e. The van der Waals surface area contributed by atoms with Gasteiger partial charge in [0.25, 0.3) is 0 Å². The monoisotopic (exact) mass is 288 g/mol. The molecule has 1 aliphatic rings. The number of hydrogen-bond acceptors (Lipinski definition) is 2. The summed E-state index contributed by atoms with van der Waals surface area (Å²) in [6.45, 7) is 5.24. The van der Waals surface area contributed by atoms with Gasteiger partial charge in [-0.2, -0.15) is 11.8 Å². The third-order valence-corrected chi connectivity index (χ3v) is 5.56. The highest BCUT2D eigenvalue weighted by Crippen LogP contribution is 2.25. The van der Waals surface area contributed by atoms with Crippen LogP contribution in [0.5, 0.6) is 0 Å². The summed E-state index contributed by atoms with van der Waals surface area (Å²) in [4.78, 5) is 17.9. The molecule has 2 atom stereocenters. The lowest BCUT2D eigenvalue weighted by molar-refractivity contribution is -0.132. The predicted molar refractivity (Wildman–Crippen MR) is 85.1 cm³/mol. The highest BCUT2D eigenvalue weighted by Gasteiger charge is 2.28. The van der Waals surface area contributed by atoms with Crippen LogP contribution in [0.2, 0.25) is 0 Å². The van der Waals surface area contributed by atoms with Crippen molar-refractivity contribution in [2.24, 2.45) is 0 Å². The number of nitrogens with zero attached hydrogens (tertiary/aromatic N) is 1. The fourth-order valence-electron chi connectivity index (χ4n) is 2.83. The van der Waals surface area contributed by atoms with E-state index in [9.17, 15) is 4.79 Å². The quantitative estimate of drug-likeness (QED) is 0.922. The molecule has 1 saturated heterocycles. The van der Waals surface area contributed by atoms with E-state index in [1.807, 2.05) is 41.1 Å². The van der Waals surface area contributed by atoms with Gasteiger partial charge < -0.3 is 9.88 Å². The number of amides is 1. The van der Waals surface area contributed by atoms with E-state index >= 15 is 0 Å². The summed E-state index contributed by atoms with van der Waals surface area (Å²) in [6, 6.07) is 8.48. The van der Waals surface area contributed by atoms with Crippen molar-refractivity contribution in [2.45, 2.75) is 31.6 Å². The lowest BCUT2D eigenvalue weighted by Crippen LogP contribution is -2.48. The van der Waals surface area contributed by atoms with Crippen molar-refractivity contribution in [3.63, 3.8) is 0 Å². The maximum atomic E-state index is 12.6. The van der Waals surface area contributed by atoms with Crippen molar-refractivity contribution in [1.29, 1.82) is 0 Å². The van der Waals surface area contributed by atoms with Crippen LogP contribution in [-0.4, -0.2) is 39.4 Å². The van der Waals surface area contributed by atoms with Crippen LogP contribution in [0, 0.1) is 0 Å². The molecular formula is C16H20N2OS. The molecule has 4 heteroatoms. The van der Waals surface area contributed by atoms with Gasteiger partial charge in [-0.05, 0) is 18.6 Å². The van der Waals surface area contributed by atoms with Crippen molar-refractivity contribution in [2.75, 3.05) is 12.3 Å². The highest BCUT2D eigenvalue weighted by molar-refractivity contribution is 8.00. The van der Waals surface area contributed by atoms with Crippen LogP contribution >= 0.6 is 11.8 Å². The highest BCUT2D eigenvalue weighted by atomic mass is 32.2. The summed E-state index contributed by atoms with van der Waals surface area (Å²) in [6.07, 6.45) is 2.46. The lowest BCUT2D eigenvalue weighted by Gasteiger charge is -2.37. The van der Waals surface area contributed by atoms with Gasteiger partial charge in [0.2, 0.25) is 5.91 Å². The first kappa shape index (κ1) is 13.6. The SMILES string of the molecule is CC1SCCN(C(=O)Cc2c[nH]c3ccccc23)C1C. The number of aromatic amines is 1. The van der Waals surface area contributed by atoms with Gasteiger partial charge in [-0.15, -0.1) is 0 Å². The number of fused-ring (bicyclic) bond motifs is 1. The van der Waals surface area contributed by atoms with Crippen LogP contribution in [-0.2, 0) is 11.2 Å². The van der Waals surface area contributed by atoms with Gasteiger partial charge >= 0.3 is 0 Å². The summed E-state index contributed by atoms with van der Waals surface area (Å²) >= 11 is 1.96. The molecule has 2 aromatic rings. The van der Waals surface area contributed by atoms with Crippen LogP contribution in [0.25, 0.3) is 10.9 Å². The molecule has 1 fully saturated rings. The van der Waals surface area contributed by atoms with Crippen molar-refractivity contribution >= 4 is 28.6 Å². The summed E-state index contributed by atoms with van der Waals surface area (Å²) in [5, 5.41) is 1.68. The summed E-state index contributed by atoms with van der Waals surface area (Å²) in [5.41, 5.74) is 2.20. The van der Waals surface area contributed by atoms with Gasteiger partial charge in [-0.1, -0.05) is 25.1 Å². The maximum absolute atomic E-state index is 12.6. The molecular weight excluding hydrogens is 268 g/mol. The Bertz CT molecular complexity index is 622. The summed E-state index contributed by atoms with van der Waals surface area (Å²) in [5.74, 6) is 1.29. The van der Waals surface area contributed by atoms with E-state index in [4.69, 9.17) is 0 Å². The molecule has 0 saturated carbocycles. The van der Waals surface area contributed by atoms with Gasteiger partial charge in [-0.3, -0.25) is 4.79 Å². The number of carbonyl (C=O) groups excluding carboxylic acids is 1. The molecule has 106 valence electrons. The first-order chi connectivity index (χ1) is 9.66. The molecule has 1 aromatic heterocycles. The normalized spacial score (nSPS) is 23.2. The van der Waals surface area contributed by atoms with Gasteiger partial charge in [0.15, 0.2) is 0 Å². The molecule has 1 aromatic carbocycles. The zero-order valence-corrected chi connectivity index (χ0v) is 12.7. The number of benzene rings is 1. The fraction of sp³-hybridized carbons (Fsp3) is 0.438. The summed E-state index contributed by atoms with van der Waals surface area (Å²) in [7, 11) is 0. The van der Waals surface area contributed by atoms with Crippen LogP contribution in [0.1, 0.15) is 19.4 Å². The fourth-order valence-corrected chi connectivity index (χ4v) is 3.93. The van der Waals surface area contributed by atoms with E-state index in [-0.39, 0.29) is 5.91 Å². The van der Waals surface area contributed by atoms with E-state index in [2.05, 4.69) is 24.9 Å². The molecule has 3 nitrogen and oxygen atoms in total. The Kier molecular flexibility index (Phi) is 3.74. The number of thioether (sulfide) groups is 1. The minimum Gasteiger partial charge on any atom is -0.361 e. The number of nitrogens with one attached hydrogen (secondary N) is 1. The molecule has 1 amide bonds. The van der Waals surface area contributed by atoms with Crippen molar-refractivity contribution in [3.8, 4) is 0 Å². The minimum atomic E-state index is 0.245. The Morgan fingerprint density at radius 2 is 2.20 bits per heavy atom. The van der Waals surface area contributed by atoms with E-state index in [0.29, 0.717) is 17.7 Å². The Balaban J connectivity index is 1.78. The van der Waals surface area contributed by atoms with Gasteiger partial charge in [0, 0.05) is 40.7 Å². The van der Waals surface area contributed by atoms with E-state index < -0.39 is 0 Å². The molecule has 1 aliphatic heterocycles. The number of para-hydroxylation sites is 1. The molecule has 1 N–H and O–H groups in total. The Hall–Kier alpha value is -1.42. The first-order valence-corrected chi connectivity index (χ1v) is 8.18. The molecule has 2 heterocycles. The second-order valence-electron chi connectivity index (χ2n) is 5.44. The molecule has 0 radical (unpaired) electrons. The number of hydrogen-bond donors (Lipinski definition) is 1. The lowest BCUT2D eigenvalue weighted by atomic mass is 10.1. The molecule has 0 bridgehead atoms. The van der Waals surface area contributed by atoms with E-state index in [1.165, 1.54) is 0 Å². The molecule has 2 unspecified atom stereocenters. The predicted octanol–water partition coefficient (Wildman–Crippen LogP) is 3.06. The largest absolute Gasteiger partial charge is 0.361 e. The van der Waals surface area contributed by atoms with Crippen molar-refractivity contribution in [1.82, 2.24) is 9.88 Å². The average Bonchev–Trinajstić information content (AvgIpc) is 2.85. The molecule has 0 aliphatic carbocycles. The second kappa shape index (κ2) is 5.52. The van der Waals surface area contributed by atoms with E-state index in [1.54, 1.807) is 0 Å². The first-order valence-electron chi connectivity index (χ1n) is 7.13. The molecule has 3 rings (SSSR count). The average molecular weight is 288 g/mol.